The number of nitrogens with one attached hydrogen (secondary N) is 1. The molecule has 4 aliphatic heterocycles. The van der Waals surface area contributed by atoms with Gasteiger partial charge in [-0.1, -0.05) is 18.2 Å². The molecule has 2 amide bonds. The van der Waals surface area contributed by atoms with Crippen LogP contribution in [0.2, 0.25) is 0 Å². The fourth-order valence-electron chi connectivity index (χ4n) is 4.75. The molecule has 2 saturated heterocycles. The lowest BCUT2D eigenvalue weighted by Gasteiger charge is -2.23. The van der Waals surface area contributed by atoms with Gasteiger partial charge in [-0.2, -0.15) is 0 Å². The van der Waals surface area contributed by atoms with Crippen LogP contribution in [-0.4, -0.2) is 46.7 Å². The van der Waals surface area contributed by atoms with E-state index in [-0.39, 0.29) is 24.7 Å². The van der Waals surface area contributed by atoms with Gasteiger partial charge < -0.3 is 24.4 Å². The zero-order valence-electron chi connectivity index (χ0n) is 15.2. The quantitative estimate of drug-likeness (QED) is 0.772. The van der Waals surface area contributed by atoms with Crippen LogP contribution in [0, 0.1) is 11.8 Å². The normalized spacial score (nSPS) is 30.8. The van der Waals surface area contributed by atoms with Crippen LogP contribution in [0.15, 0.2) is 41.9 Å². The molecule has 1 N–H and O–H groups in total. The van der Waals surface area contributed by atoms with Crippen molar-refractivity contribution >= 4 is 28.3 Å². The van der Waals surface area contributed by atoms with Gasteiger partial charge >= 0.3 is 0 Å². The van der Waals surface area contributed by atoms with Gasteiger partial charge in [-0.15, -0.1) is 11.3 Å². The number of benzene rings is 1. The summed E-state index contributed by atoms with van der Waals surface area (Å²) < 4.78 is 16.9. The first-order valence-corrected chi connectivity index (χ1v) is 10.3. The molecule has 9 heteroatoms. The van der Waals surface area contributed by atoms with Gasteiger partial charge in [0, 0.05) is 18.1 Å². The Kier molecular flexibility index (Phi) is 3.54. The zero-order chi connectivity index (χ0) is 19.6. The van der Waals surface area contributed by atoms with E-state index in [1.54, 1.807) is 16.5 Å². The van der Waals surface area contributed by atoms with E-state index in [4.69, 9.17) is 14.2 Å². The minimum atomic E-state index is -0.733. The van der Waals surface area contributed by atoms with Crippen molar-refractivity contribution in [2.45, 2.75) is 18.2 Å². The molecule has 1 spiro atoms. The van der Waals surface area contributed by atoms with Crippen LogP contribution in [0.25, 0.3) is 0 Å². The Morgan fingerprint density at radius 3 is 3.10 bits per heavy atom. The average Bonchev–Trinajstić information content (AvgIpc) is 3.50. The van der Waals surface area contributed by atoms with Crippen molar-refractivity contribution in [1.29, 1.82) is 0 Å². The maximum atomic E-state index is 13.3. The van der Waals surface area contributed by atoms with E-state index in [0.29, 0.717) is 29.7 Å². The number of ether oxygens (including phenoxy) is 3. The Labute approximate surface area is 170 Å². The van der Waals surface area contributed by atoms with E-state index in [0.717, 1.165) is 5.56 Å². The first-order valence-electron chi connectivity index (χ1n) is 9.38. The Hall–Kier alpha value is -2.91. The lowest BCUT2D eigenvalue weighted by molar-refractivity contribution is -0.136. The van der Waals surface area contributed by atoms with Gasteiger partial charge in [-0.25, -0.2) is 4.98 Å². The second-order valence-corrected chi connectivity index (χ2v) is 8.50. The Bertz CT molecular complexity index is 1040. The van der Waals surface area contributed by atoms with Gasteiger partial charge in [0.05, 0.1) is 24.5 Å². The maximum absolute atomic E-state index is 13.3. The molecular weight excluding hydrogens is 394 g/mol. The molecule has 2 bridgehead atoms. The fourth-order valence-corrected chi connectivity index (χ4v) is 5.28. The lowest BCUT2D eigenvalue weighted by atomic mass is 9.77. The molecule has 148 valence electrons. The van der Waals surface area contributed by atoms with Crippen LogP contribution in [0.1, 0.15) is 5.56 Å². The zero-order valence-corrected chi connectivity index (χ0v) is 16.1. The SMILES string of the molecule is O=C(Nc1nccs1)[C@H]1[C@H]2C(=O)N(Cc3ccc4c(c3)OCO4)C[C@@]23C=C[C@H]1O3. The van der Waals surface area contributed by atoms with Gasteiger partial charge in [0.2, 0.25) is 18.6 Å². The average molecular weight is 411 g/mol. The third-order valence-corrected chi connectivity index (χ3v) is 6.64. The third-order valence-electron chi connectivity index (χ3n) is 5.95. The number of aromatic nitrogens is 1. The molecule has 29 heavy (non-hydrogen) atoms. The summed E-state index contributed by atoms with van der Waals surface area (Å²) in [5.41, 5.74) is 0.212. The molecular formula is C20H17N3O5S. The first kappa shape index (κ1) is 17.0. The number of anilines is 1. The fraction of sp³-hybridized carbons (Fsp3) is 0.350. The van der Waals surface area contributed by atoms with E-state index in [1.807, 2.05) is 30.4 Å². The topological polar surface area (TPSA) is 90.0 Å². The van der Waals surface area contributed by atoms with Gasteiger partial charge in [-0.3, -0.25) is 9.59 Å². The molecule has 6 rings (SSSR count). The summed E-state index contributed by atoms with van der Waals surface area (Å²) in [6, 6.07) is 5.67. The number of fused-ring (bicyclic) bond motifs is 2. The summed E-state index contributed by atoms with van der Waals surface area (Å²) in [5, 5.41) is 5.14. The highest BCUT2D eigenvalue weighted by molar-refractivity contribution is 7.13. The minimum Gasteiger partial charge on any atom is -0.454 e. The highest BCUT2D eigenvalue weighted by atomic mass is 32.1. The number of carbonyl (C=O) groups excluding carboxylic acids is 2. The molecule has 2 fully saturated rings. The van der Waals surface area contributed by atoms with Crippen molar-refractivity contribution in [2.24, 2.45) is 11.8 Å². The third kappa shape index (κ3) is 2.50. The molecule has 1 aromatic heterocycles. The largest absolute Gasteiger partial charge is 0.454 e. The molecule has 0 aliphatic carbocycles. The number of amides is 2. The molecule has 1 aromatic carbocycles. The molecule has 0 saturated carbocycles. The van der Waals surface area contributed by atoms with Crippen LogP contribution in [0.4, 0.5) is 5.13 Å². The van der Waals surface area contributed by atoms with E-state index < -0.39 is 17.4 Å². The van der Waals surface area contributed by atoms with Crippen molar-refractivity contribution in [2.75, 3.05) is 18.7 Å². The van der Waals surface area contributed by atoms with Crippen molar-refractivity contribution in [3.63, 3.8) is 0 Å². The van der Waals surface area contributed by atoms with E-state index in [1.165, 1.54) is 11.3 Å². The van der Waals surface area contributed by atoms with Gasteiger partial charge in [-0.05, 0) is 17.7 Å². The highest BCUT2D eigenvalue weighted by Gasteiger charge is 2.66. The number of likely N-dealkylation sites (tertiary alicyclic amines) is 1. The second kappa shape index (κ2) is 6.04. The van der Waals surface area contributed by atoms with E-state index >= 15 is 0 Å². The summed E-state index contributed by atoms with van der Waals surface area (Å²) in [6.07, 6.45) is 5.11. The van der Waals surface area contributed by atoms with Crippen LogP contribution in [0.5, 0.6) is 11.5 Å². The molecule has 4 aliphatic rings. The lowest BCUT2D eigenvalue weighted by Crippen LogP contribution is -2.41. The van der Waals surface area contributed by atoms with Crippen LogP contribution < -0.4 is 14.8 Å². The molecule has 0 radical (unpaired) electrons. The summed E-state index contributed by atoms with van der Waals surface area (Å²) in [4.78, 5) is 32.1. The predicted octanol–water partition coefficient (Wildman–Crippen LogP) is 1.79. The van der Waals surface area contributed by atoms with Gasteiger partial charge in [0.25, 0.3) is 0 Å². The van der Waals surface area contributed by atoms with E-state index in [2.05, 4.69) is 10.3 Å². The van der Waals surface area contributed by atoms with Crippen molar-refractivity contribution in [1.82, 2.24) is 9.88 Å². The Balaban J connectivity index is 1.25. The van der Waals surface area contributed by atoms with Crippen LogP contribution in [0.3, 0.4) is 0 Å². The summed E-state index contributed by atoms with van der Waals surface area (Å²) >= 11 is 1.35. The Morgan fingerprint density at radius 2 is 2.24 bits per heavy atom. The van der Waals surface area contributed by atoms with Gasteiger partial charge in [0.1, 0.15) is 5.60 Å². The molecule has 2 aromatic rings. The second-order valence-electron chi connectivity index (χ2n) is 7.61. The number of carbonyl (C=O) groups is 2. The number of hydrogen-bond acceptors (Lipinski definition) is 7. The van der Waals surface area contributed by atoms with Crippen molar-refractivity contribution in [3.05, 3.63) is 47.5 Å². The molecule has 8 nitrogen and oxygen atoms in total. The summed E-state index contributed by atoms with van der Waals surface area (Å²) in [6.45, 7) is 1.07. The van der Waals surface area contributed by atoms with Crippen LogP contribution in [-0.2, 0) is 20.9 Å². The minimum absolute atomic E-state index is 0.0613. The maximum Gasteiger partial charge on any atom is 0.233 e. The van der Waals surface area contributed by atoms with Crippen LogP contribution >= 0.6 is 11.3 Å². The molecule has 4 atom stereocenters. The Morgan fingerprint density at radius 1 is 1.34 bits per heavy atom. The summed E-state index contributed by atoms with van der Waals surface area (Å²) in [7, 11) is 0. The van der Waals surface area contributed by atoms with Crippen molar-refractivity contribution in [3.8, 4) is 11.5 Å². The molecule has 5 heterocycles. The first-order chi connectivity index (χ1) is 14.1. The standard InChI is InChI=1S/C20H17N3O5S/c24-17(22-19-21-5-6-29-19)15-13-3-4-20(28-13)9-23(18(25)16(15)20)8-11-1-2-12-14(7-11)27-10-26-12/h1-7,13,15-16H,8-10H2,(H,21,22,24)/t13-,15-,16+,20+/m1/s1. The monoisotopic (exact) mass is 411 g/mol. The number of nitrogens with zero attached hydrogens (tertiary/aromatic N) is 2. The van der Waals surface area contributed by atoms with Gasteiger partial charge in [0.15, 0.2) is 16.6 Å². The number of thiazole rings is 1. The smallest absolute Gasteiger partial charge is 0.233 e. The molecule has 0 unspecified atom stereocenters. The summed E-state index contributed by atoms with van der Waals surface area (Å²) in [5.74, 6) is 0.0314. The van der Waals surface area contributed by atoms with E-state index in [9.17, 15) is 9.59 Å². The number of hydrogen-bond donors (Lipinski definition) is 1. The predicted molar refractivity (Wildman–Crippen MR) is 102 cm³/mol. The number of rotatable bonds is 4. The van der Waals surface area contributed by atoms with Crippen molar-refractivity contribution < 1.29 is 23.8 Å². The highest BCUT2D eigenvalue weighted by Crippen LogP contribution is 2.52.